The topological polar surface area (TPSA) is 57.6 Å². The molecular weight excluding hydrogens is 442 g/mol. The van der Waals surface area contributed by atoms with Crippen LogP contribution in [0.5, 0.6) is 0 Å². The van der Waals surface area contributed by atoms with Gasteiger partial charge in [-0.1, -0.05) is 35.9 Å². The minimum absolute atomic E-state index is 0.118. The Balaban J connectivity index is 1.70. The molecule has 32 heavy (non-hydrogen) atoms. The number of rotatable bonds is 3. The van der Waals surface area contributed by atoms with E-state index in [1.54, 1.807) is 12.1 Å². The van der Waals surface area contributed by atoms with Gasteiger partial charge in [0.15, 0.2) is 0 Å². The molecule has 1 aromatic heterocycles. The van der Waals surface area contributed by atoms with Gasteiger partial charge in [0.25, 0.3) is 11.7 Å². The summed E-state index contributed by atoms with van der Waals surface area (Å²) in [6, 6.07) is 14.2. The van der Waals surface area contributed by atoms with E-state index in [0.29, 0.717) is 16.3 Å². The van der Waals surface area contributed by atoms with Crippen LogP contribution in [0.25, 0.3) is 5.76 Å². The monoisotopic (exact) mass is 463 g/mol. The zero-order valence-electron chi connectivity index (χ0n) is 17.6. The van der Waals surface area contributed by atoms with Crippen molar-refractivity contribution in [2.45, 2.75) is 38.6 Å². The van der Waals surface area contributed by atoms with Crippen LogP contribution in [0.1, 0.15) is 46.0 Å². The molecule has 3 aromatic rings. The number of ketones is 1. The largest absolute Gasteiger partial charge is 0.507 e. The molecule has 0 radical (unpaired) electrons. The summed E-state index contributed by atoms with van der Waals surface area (Å²) >= 11 is 7.68. The number of benzene rings is 2. The summed E-state index contributed by atoms with van der Waals surface area (Å²) in [6.45, 7) is 1.87. The maximum Gasteiger partial charge on any atom is 0.300 e. The Hall–Kier alpha value is -2.89. The highest BCUT2D eigenvalue weighted by Crippen LogP contribution is 2.45. The third kappa shape index (κ3) is 3.46. The molecule has 2 aromatic carbocycles. The number of amides is 1. The van der Waals surface area contributed by atoms with E-state index in [1.165, 1.54) is 33.8 Å². The molecule has 1 saturated heterocycles. The van der Waals surface area contributed by atoms with Crippen LogP contribution in [0.15, 0.2) is 59.5 Å². The quantitative estimate of drug-likeness (QED) is 0.285. The number of aliphatic hydroxyl groups excluding tert-OH is 1. The van der Waals surface area contributed by atoms with Crippen molar-refractivity contribution in [2.24, 2.45) is 0 Å². The summed E-state index contributed by atoms with van der Waals surface area (Å²) in [5.41, 5.74) is 4.58. The first-order valence-electron chi connectivity index (χ1n) is 10.7. The van der Waals surface area contributed by atoms with E-state index >= 15 is 0 Å². The number of aliphatic hydroxyl groups is 1. The lowest BCUT2D eigenvalue weighted by Gasteiger charge is -2.26. The van der Waals surface area contributed by atoms with Crippen LogP contribution in [0, 0.1) is 6.92 Å². The summed E-state index contributed by atoms with van der Waals surface area (Å²) < 4.78 is 0. The number of Topliss-reactive ketones (excluding diaryl/α,β-unsaturated/α-hetero) is 1. The van der Waals surface area contributed by atoms with Crippen molar-refractivity contribution < 1.29 is 14.7 Å². The summed E-state index contributed by atoms with van der Waals surface area (Å²) in [5, 5.41) is 13.7. The predicted molar refractivity (Wildman–Crippen MR) is 128 cm³/mol. The second-order valence-corrected chi connectivity index (χ2v) is 9.72. The highest BCUT2D eigenvalue weighted by molar-refractivity contribution is 7.10. The number of halogens is 1. The maximum absolute atomic E-state index is 13.3. The van der Waals surface area contributed by atoms with Gasteiger partial charge in [-0.15, -0.1) is 11.3 Å². The third-order valence-electron chi connectivity index (χ3n) is 6.31. The van der Waals surface area contributed by atoms with Crippen molar-refractivity contribution in [2.75, 3.05) is 4.90 Å². The first-order chi connectivity index (χ1) is 15.5. The molecule has 0 saturated carbocycles. The predicted octanol–water partition coefficient (Wildman–Crippen LogP) is 6.22. The molecule has 0 spiro atoms. The highest BCUT2D eigenvalue weighted by Gasteiger charge is 2.47. The Kier molecular flexibility index (Phi) is 5.39. The van der Waals surface area contributed by atoms with Crippen molar-refractivity contribution >= 4 is 46.1 Å². The fourth-order valence-corrected chi connectivity index (χ4v) is 5.67. The number of carbonyl (C=O) groups excluding carboxylic acids is 2. The molecule has 1 unspecified atom stereocenters. The molecule has 1 atom stereocenters. The summed E-state index contributed by atoms with van der Waals surface area (Å²) in [5.74, 6) is -1.47. The van der Waals surface area contributed by atoms with Gasteiger partial charge in [0, 0.05) is 21.2 Å². The van der Waals surface area contributed by atoms with Crippen LogP contribution in [0.2, 0.25) is 5.02 Å². The van der Waals surface area contributed by atoms with Crippen molar-refractivity contribution in [1.82, 2.24) is 0 Å². The van der Waals surface area contributed by atoms with E-state index in [1.807, 2.05) is 48.7 Å². The van der Waals surface area contributed by atoms with E-state index in [9.17, 15) is 14.7 Å². The first-order valence-corrected chi connectivity index (χ1v) is 11.9. The lowest BCUT2D eigenvalue weighted by molar-refractivity contribution is -0.132. The maximum atomic E-state index is 13.3. The van der Waals surface area contributed by atoms with Crippen LogP contribution < -0.4 is 4.90 Å². The van der Waals surface area contributed by atoms with Crippen molar-refractivity contribution in [3.63, 3.8) is 0 Å². The fourth-order valence-electron chi connectivity index (χ4n) is 4.68. The summed E-state index contributed by atoms with van der Waals surface area (Å²) in [7, 11) is 0. The Morgan fingerprint density at radius 3 is 2.59 bits per heavy atom. The highest BCUT2D eigenvalue weighted by atomic mass is 35.5. The number of hydrogen-bond acceptors (Lipinski definition) is 4. The normalized spacial score (nSPS) is 19.9. The van der Waals surface area contributed by atoms with E-state index in [0.717, 1.165) is 29.7 Å². The van der Waals surface area contributed by atoms with Gasteiger partial charge in [0.05, 0.1) is 5.57 Å². The number of anilines is 1. The molecule has 6 heteroatoms. The Labute approximate surface area is 195 Å². The fraction of sp³-hybridized carbons (Fsp3) is 0.231. The molecule has 0 bridgehead atoms. The smallest absolute Gasteiger partial charge is 0.300 e. The number of thiophene rings is 1. The second kappa shape index (κ2) is 8.23. The molecule has 1 amide bonds. The molecule has 2 heterocycles. The molecule has 162 valence electrons. The Morgan fingerprint density at radius 2 is 1.84 bits per heavy atom. The van der Waals surface area contributed by atoms with Gasteiger partial charge in [-0.2, -0.15) is 0 Å². The van der Waals surface area contributed by atoms with Gasteiger partial charge in [-0.25, -0.2) is 0 Å². The molecule has 1 aliphatic heterocycles. The Morgan fingerprint density at radius 1 is 1.06 bits per heavy atom. The van der Waals surface area contributed by atoms with E-state index < -0.39 is 17.7 Å². The van der Waals surface area contributed by atoms with E-state index in [2.05, 4.69) is 0 Å². The average Bonchev–Trinajstić information content (AvgIpc) is 3.42. The van der Waals surface area contributed by atoms with Crippen molar-refractivity contribution in [3.05, 3.63) is 91.6 Å². The van der Waals surface area contributed by atoms with E-state index in [-0.39, 0.29) is 11.3 Å². The number of carbonyl (C=O) groups is 2. The minimum atomic E-state index is -0.705. The van der Waals surface area contributed by atoms with Gasteiger partial charge >= 0.3 is 0 Å². The van der Waals surface area contributed by atoms with Gasteiger partial charge in [-0.3, -0.25) is 14.5 Å². The lowest BCUT2D eigenvalue weighted by Crippen LogP contribution is -2.29. The number of aryl methyl sites for hydroxylation is 3. The van der Waals surface area contributed by atoms with Crippen molar-refractivity contribution in [3.8, 4) is 0 Å². The first kappa shape index (κ1) is 21.0. The van der Waals surface area contributed by atoms with E-state index in [4.69, 9.17) is 11.6 Å². The van der Waals surface area contributed by atoms with Crippen LogP contribution in [-0.4, -0.2) is 16.8 Å². The molecular formula is C26H22ClNO3S. The third-order valence-corrected chi connectivity index (χ3v) is 7.47. The molecule has 1 fully saturated rings. The average molecular weight is 464 g/mol. The second-order valence-electron chi connectivity index (χ2n) is 8.31. The van der Waals surface area contributed by atoms with Crippen LogP contribution >= 0.6 is 22.9 Å². The zero-order chi connectivity index (χ0) is 22.4. The van der Waals surface area contributed by atoms with Crippen LogP contribution in [0.4, 0.5) is 5.69 Å². The molecule has 2 aliphatic rings. The van der Waals surface area contributed by atoms with Gasteiger partial charge in [0.2, 0.25) is 0 Å². The summed E-state index contributed by atoms with van der Waals surface area (Å²) in [6.07, 6.45) is 4.27. The zero-order valence-corrected chi connectivity index (χ0v) is 19.2. The number of fused-ring (bicyclic) bond motifs is 1. The number of nitrogens with zero attached hydrogens (tertiary/aromatic N) is 1. The standard InChI is InChI=1S/C26H22ClNO3S/c1-15-8-11-19(27)14-20(15)28-23(21-7-4-12-32-21)22(25(30)26(28)31)24(29)18-10-9-16-5-2-3-6-17(16)13-18/h4,7-14,23,29H,2-3,5-6H2,1H3/b24-22-. The lowest BCUT2D eigenvalue weighted by atomic mass is 9.89. The SMILES string of the molecule is Cc1ccc(Cl)cc1N1C(=O)C(=O)/C(=C(\O)c2ccc3c(c2)CCCC3)C1c1cccs1. The van der Waals surface area contributed by atoms with Crippen LogP contribution in [-0.2, 0) is 22.4 Å². The Bertz CT molecular complexity index is 1260. The number of hydrogen-bond donors (Lipinski definition) is 1. The van der Waals surface area contributed by atoms with Gasteiger partial charge in [-0.05, 0) is 78.9 Å². The van der Waals surface area contributed by atoms with Gasteiger partial charge in [0.1, 0.15) is 11.8 Å². The molecule has 1 N–H and O–H groups in total. The summed E-state index contributed by atoms with van der Waals surface area (Å²) in [4.78, 5) is 28.8. The molecule has 1 aliphatic carbocycles. The molecule has 4 nitrogen and oxygen atoms in total. The van der Waals surface area contributed by atoms with Crippen molar-refractivity contribution in [1.29, 1.82) is 0 Å². The minimum Gasteiger partial charge on any atom is -0.507 e. The molecule has 5 rings (SSSR count). The van der Waals surface area contributed by atoms with Crippen LogP contribution in [0.3, 0.4) is 0 Å². The van der Waals surface area contributed by atoms with Gasteiger partial charge < -0.3 is 5.11 Å².